The molecular formula is C29H22ClNO7. The van der Waals surface area contributed by atoms with Crippen molar-refractivity contribution in [2.24, 2.45) is 0 Å². The Hall–Kier alpha value is -4.56. The molecule has 0 aliphatic rings. The van der Waals surface area contributed by atoms with Crippen molar-refractivity contribution in [3.05, 3.63) is 99.1 Å². The van der Waals surface area contributed by atoms with Crippen LogP contribution in [0.2, 0.25) is 5.02 Å². The molecule has 9 heteroatoms. The lowest BCUT2D eigenvalue weighted by atomic mass is 9.99. The highest BCUT2D eigenvalue weighted by Gasteiger charge is 2.23. The summed E-state index contributed by atoms with van der Waals surface area (Å²) in [6.07, 6.45) is 1.28. The van der Waals surface area contributed by atoms with E-state index in [9.17, 15) is 24.6 Å². The van der Waals surface area contributed by atoms with Gasteiger partial charge in [0.15, 0.2) is 0 Å². The van der Waals surface area contributed by atoms with Gasteiger partial charge < -0.3 is 24.4 Å². The van der Waals surface area contributed by atoms with Crippen molar-refractivity contribution in [3.8, 4) is 16.9 Å². The number of phenols is 1. The summed E-state index contributed by atoms with van der Waals surface area (Å²) < 4.78 is 11.2. The van der Waals surface area contributed by atoms with Gasteiger partial charge in [-0.05, 0) is 53.9 Å². The molecule has 1 atom stereocenters. The number of nitrogens with one attached hydrogen (secondary N) is 1. The third kappa shape index (κ3) is 4.99. The topological polar surface area (TPSA) is 130 Å². The van der Waals surface area contributed by atoms with E-state index in [4.69, 9.17) is 20.4 Å². The molecule has 192 valence electrons. The summed E-state index contributed by atoms with van der Waals surface area (Å²) in [7, 11) is 0. The van der Waals surface area contributed by atoms with Gasteiger partial charge in [-0.3, -0.25) is 4.79 Å². The summed E-state index contributed by atoms with van der Waals surface area (Å²) in [6, 6.07) is 15.6. The van der Waals surface area contributed by atoms with Crippen LogP contribution < -0.4 is 10.9 Å². The van der Waals surface area contributed by atoms with Crippen LogP contribution in [0.1, 0.15) is 16.7 Å². The first kappa shape index (κ1) is 25.1. The summed E-state index contributed by atoms with van der Waals surface area (Å²) >= 11 is 6.02. The van der Waals surface area contributed by atoms with E-state index in [1.165, 1.54) is 12.1 Å². The maximum atomic E-state index is 12.8. The number of furan rings is 1. The highest BCUT2D eigenvalue weighted by Crippen LogP contribution is 2.35. The van der Waals surface area contributed by atoms with E-state index in [0.717, 1.165) is 16.5 Å². The maximum absolute atomic E-state index is 12.8. The molecule has 0 radical (unpaired) electrons. The van der Waals surface area contributed by atoms with Crippen LogP contribution in [-0.4, -0.2) is 28.1 Å². The molecule has 5 aromatic rings. The van der Waals surface area contributed by atoms with Gasteiger partial charge in [0.05, 0.1) is 18.2 Å². The minimum absolute atomic E-state index is 0.0125. The van der Waals surface area contributed by atoms with E-state index in [0.29, 0.717) is 32.7 Å². The van der Waals surface area contributed by atoms with Gasteiger partial charge in [0.25, 0.3) is 0 Å². The molecule has 2 aromatic heterocycles. The molecule has 0 bridgehead atoms. The Bertz CT molecular complexity index is 1730. The van der Waals surface area contributed by atoms with Crippen LogP contribution in [0.5, 0.6) is 5.75 Å². The molecular weight excluding hydrogens is 510 g/mol. The standard InChI is InChI=1S/C29H22ClNO7/c1-15-20-11-22-23(17-4-6-18(30)7-5-17)14-37-25(22)13-26(20)38-29(36)21(15)12-27(33)31-24(28(34)35)10-16-2-8-19(32)9-3-16/h2-9,11,13-14,24,32H,10,12H2,1H3,(H,31,33)(H,34,35). The summed E-state index contributed by atoms with van der Waals surface area (Å²) in [5.41, 5.74) is 3.22. The van der Waals surface area contributed by atoms with Crippen LogP contribution in [0.3, 0.4) is 0 Å². The molecule has 0 aliphatic heterocycles. The number of carboxylic acid groups (broad SMARTS) is 1. The molecule has 0 saturated carbocycles. The van der Waals surface area contributed by atoms with Crippen LogP contribution >= 0.6 is 11.6 Å². The number of halogens is 1. The number of fused-ring (bicyclic) bond motifs is 2. The van der Waals surface area contributed by atoms with Gasteiger partial charge in [-0.15, -0.1) is 0 Å². The van der Waals surface area contributed by atoms with Crippen LogP contribution in [0, 0.1) is 6.92 Å². The zero-order valence-electron chi connectivity index (χ0n) is 20.2. The summed E-state index contributed by atoms with van der Waals surface area (Å²) in [5.74, 6) is -1.79. The van der Waals surface area contributed by atoms with Crippen LogP contribution in [0.15, 0.2) is 80.6 Å². The molecule has 5 rings (SSSR count). The van der Waals surface area contributed by atoms with E-state index in [1.54, 1.807) is 43.5 Å². The third-order valence-electron chi connectivity index (χ3n) is 6.48. The number of benzene rings is 3. The van der Waals surface area contributed by atoms with E-state index in [2.05, 4.69) is 5.32 Å². The first-order valence-electron chi connectivity index (χ1n) is 11.7. The number of aromatic hydroxyl groups is 1. The molecule has 38 heavy (non-hydrogen) atoms. The largest absolute Gasteiger partial charge is 0.508 e. The molecule has 1 unspecified atom stereocenters. The van der Waals surface area contributed by atoms with Gasteiger partial charge in [0.2, 0.25) is 5.91 Å². The SMILES string of the molecule is Cc1c(CC(=O)NC(Cc2ccc(O)cc2)C(=O)O)c(=O)oc2cc3occ(-c4ccc(Cl)cc4)c3cc12. The van der Waals surface area contributed by atoms with Crippen molar-refractivity contribution < 1.29 is 28.6 Å². The van der Waals surface area contributed by atoms with Gasteiger partial charge >= 0.3 is 11.6 Å². The third-order valence-corrected chi connectivity index (χ3v) is 6.74. The molecule has 3 N–H and O–H groups in total. The molecule has 1 amide bonds. The van der Waals surface area contributed by atoms with E-state index in [-0.39, 0.29) is 24.2 Å². The number of amides is 1. The van der Waals surface area contributed by atoms with Crippen molar-refractivity contribution in [1.29, 1.82) is 0 Å². The van der Waals surface area contributed by atoms with Gasteiger partial charge in [0.1, 0.15) is 23.0 Å². The predicted molar refractivity (Wildman–Crippen MR) is 143 cm³/mol. The lowest BCUT2D eigenvalue weighted by Crippen LogP contribution is -2.43. The Balaban J connectivity index is 1.45. The number of aliphatic carboxylic acids is 1. The van der Waals surface area contributed by atoms with Crippen LogP contribution in [0.4, 0.5) is 0 Å². The van der Waals surface area contributed by atoms with Crippen molar-refractivity contribution in [2.45, 2.75) is 25.8 Å². The maximum Gasteiger partial charge on any atom is 0.340 e. The fraction of sp³-hybridized carbons (Fsp3) is 0.138. The Morgan fingerprint density at radius 2 is 1.71 bits per heavy atom. The summed E-state index contributed by atoms with van der Waals surface area (Å²) in [6.45, 7) is 1.72. The average molecular weight is 532 g/mol. The van der Waals surface area contributed by atoms with Gasteiger partial charge in [-0.2, -0.15) is 0 Å². The van der Waals surface area contributed by atoms with E-state index >= 15 is 0 Å². The first-order valence-corrected chi connectivity index (χ1v) is 12.1. The molecule has 0 fully saturated rings. The van der Waals surface area contributed by atoms with Crippen LogP contribution in [-0.2, 0) is 22.4 Å². The second-order valence-corrected chi connectivity index (χ2v) is 9.44. The normalized spacial score (nSPS) is 12.1. The zero-order chi connectivity index (χ0) is 27.0. The molecule has 8 nitrogen and oxygen atoms in total. The molecule has 0 saturated heterocycles. The highest BCUT2D eigenvalue weighted by molar-refractivity contribution is 6.30. The molecule has 0 aliphatic carbocycles. The number of hydrogen-bond donors (Lipinski definition) is 3. The lowest BCUT2D eigenvalue weighted by molar-refractivity contribution is -0.141. The highest BCUT2D eigenvalue weighted by atomic mass is 35.5. The molecule has 3 aromatic carbocycles. The van der Waals surface area contributed by atoms with Crippen molar-refractivity contribution >= 4 is 45.4 Å². The van der Waals surface area contributed by atoms with Gasteiger partial charge in [0, 0.05) is 33.8 Å². The lowest BCUT2D eigenvalue weighted by Gasteiger charge is -2.15. The number of carbonyl (C=O) groups is 2. The fourth-order valence-electron chi connectivity index (χ4n) is 4.44. The average Bonchev–Trinajstić information content (AvgIpc) is 3.29. The van der Waals surface area contributed by atoms with Gasteiger partial charge in [-0.1, -0.05) is 35.9 Å². The Kier molecular flexibility index (Phi) is 6.65. The number of rotatable bonds is 7. The monoisotopic (exact) mass is 531 g/mol. The molecule has 0 spiro atoms. The van der Waals surface area contributed by atoms with Crippen molar-refractivity contribution in [2.75, 3.05) is 0 Å². The second kappa shape index (κ2) is 10.1. The van der Waals surface area contributed by atoms with Crippen molar-refractivity contribution in [3.63, 3.8) is 0 Å². The zero-order valence-corrected chi connectivity index (χ0v) is 20.9. The smallest absolute Gasteiger partial charge is 0.340 e. The van der Waals surface area contributed by atoms with E-state index in [1.807, 2.05) is 18.2 Å². The van der Waals surface area contributed by atoms with E-state index < -0.39 is 23.5 Å². The van der Waals surface area contributed by atoms with Crippen molar-refractivity contribution in [1.82, 2.24) is 5.32 Å². The number of carbonyl (C=O) groups excluding carboxylic acids is 1. The molecule has 2 heterocycles. The summed E-state index contributed by atoms with van der Waals surface area (Å²) in [4.78, 5) is 37.4. The summed E-state index contributed by atoms with van der Waals surface area (Å²) in [5, 5.41) is 23.6. The minimum Gasteiger partial charge on any atom is -0.508 e. The number of aryl methyl sites for hydroxylation is 1. The number of hydrogen-bond acceptors (Lipinski definition) is 6. The predicted octanol–water partition coefficient (Wildman–Crippen LogP) is 5.23. The quantitative estimate of drug-likeness (QED) is 0.245. The Labute approximate surface area is 221 Å². The number of phenolic OH excluding ortho intramolecular Hbond substituents is 1. The second-order valence-electron chi connectivity index (χ2n) is 9.00. The van der Waals surface area contributed by atoms with Gasteiger partial charge in [-0.25, -0.2) is 9.59 Å². The first-order chi connectivity index (χ1) is 18.2. The Morgan fingerprint density at radius 3 is 2.39 bits per heavy atom. The Morgan fingerprint density at radius 1 is 1.00 bits per heavy atom. The number of carboxylic acids is 1. The fourth-order valence-corrected chi connectivity index (χ4v) is 4.57. The van der Waals surface area contributed by atoms with Crippen LogP contribution in [0.25, 0.3) is 33.1 Å². The minimum atomic E-state index is -1.22.